The van der Waals surface area contributed by atoms with Crippen molar-refractivity contribution in [2.75, 3.05) is 0 Å². The minimum absolute atomic E-state index is 0.757. The van der Waals surface area contributed by atoms with Crippen LogP contribution in [0.4, 0.5) is 0 Å². The molecule has 0 aromatic carbocycles. The second-order valence-corrected chi connectivity index (χ2v) is 1.95. The van der Waals surface area contributed by atoms with E-state index in [0.29, 0.717) is 0 Å². The molecule has 0 aliphatic carbocycles. The van der Waals surface area contributed by atoms with Gasteiger partial charge in [0, 0.05) is 18.8 Å². The van der Waals surface area contributed by atoms with Crippen LogP contribution < -0.4 is 0 Å². The molecule has 0 aliphatic heterocycles. The third-order valence-electron chi connectivity index (χ3n) is 1.17. The Morgan fingerprint density at radius 2 is 2.10 bits per heavy atom. The fourth-order valence-corrected chi connectivity index (χ4v) is 0.676. The zero-order chi connectivity index (χ0) is 7.23. The average Bonchev–Trinajstić information content (AvgIpc) is 2.03. The predicted molar refractivity (Wildman–Crippen MR) is 39.2 cm³/mol. The van der Waals surface area contributed by atoms with Crippen LogP contribution in [0.3, 0.4) is 0 Å². The summed E-state index contributed by atoms with van der Waals surface area (Å²) in [5, 5.41) is 0. The van der Waals surface area contributed by atoms with Crippen molar-refractivity contribution in [2.24, 2.45) is 0 Å². The average molecular weight is 132 g/mol. The fraction of sp³-hybridized carbons (Fsp3) is 0.250. The number of aryl methyl sites for hydroxylation is 1. The predicted octanol–water partition coefficient (Wildman–Crippen LogP) is 1.04. The summed E-state index contributed by atoms with van der Waals surface area (Å²) in [6, 6.07) is 0. The molecule has 0 bridgehead atoms. The van der Waals surface area contributed by atoms with Crippen LogP contribution in [0.1, 0.15) is 12.0 Å². The fourth-order valence-electron chi connectivity index (χ4n) is 0.676. The molecule has 0 amide bonds. The lowest BCUT2D eigenvalue weighted by atomic mass is 10.2. The summed E-state index contributed by atoms with van der Waals surface area (Å²) in [6.07, 6.45) is 11.8. The molecular weight excluding hydrogens is 124 g/mol. The molecule has 1 heterocycles. The van der Waals surface area contributed by atoms with Crippen molar-refractivity contribution in [3.8, 4) is 12.3 Å². The van der Waals surface area contributed by atoms with Gasteiger partial charge in [0.1, 0.15) is 6.33 Å². The normalized spacial score (nSPS) is 8.70. The van der Waals surface area contributed by atoms with Crippen molar-refractivity contribution >= 4 is 0 Å². The smallest absolute Gasteiger partial charge is 0.115 e. The van der Waals surface area contributed by atoms with Gasteiger partial charge in [-0.1, -0.05) is 0 Å². The van der Waals surface area contributed by atoms with E-state index in [-0.39, 0.29) is 0 Å². The molecule has 1 aromatic heterocycles. The van der Waals surface area contributed by atoms with Gasteiger partial charge in [-0.05, 0) is 12.0 Å². The third kappa shape index (κ3) is 1.87. The van der Waals surface area contributed by atoms with E-state index in [1.165, 1.54) is 6.33 Å². The van der Waals surface area contributed by atoms with Crippen molar-refractivity contribution in [1.82, 2.24) is 9.97 Å². The zero-order valence-electron chi connectivity index (χ0n) is 5.62. The Morgan fingerprint density at radius 3 is 2.70 bits per heavy atom. The van der Waals surface area contributed by atoms with Gasteiger partial charge >= 0.3 is 0 Å². The van der Waals surface area contributed by atoms with E-state index in [1.807, 2.05) is 0 Å². The Morgan fingerprint density at radius 1 is 1.40 bits per heavy atom. The van der Waals surface area contributed by atoms with Gasteiger partial charge in [-0.15, -0.1) is 12.3 Å². The molecule has 1 aromatic rings. The first-order valence-electron chi connectivity index (χ1n) is 3.11. The summed E-state index contributed by atoms with van der Waals surface area (Å²) in [5.41, 5.74) is 1.10. The Labute approximate surface area is 60.3 Å². The first-order valence-corrected chi connectivity index (χ1v) is 3.11. The van der Waals surface area contributed by atoms with Crippen molar-refractivity contribution in [3.05, 3.63) is 24.3 Å². The maximum atomic E-state index is 5.09. The molecule has 0 spiro atoms. The minimum atomic E-state index is 0.757. The van der Waals surface area contributed by atoms with Crippen molar-refractivity contribution in [3.63, 3.8) is 0 Å². The molecule has 0 fully saturated rings. The SMILES string of the molecule is C#CCCc1cncnc1. The van der Waals surface area contributed by atoms with Crippen molar-refractivity contribution in [2.45, 2.75) is 12.8 Å². The van der Waals surface area contributed by atoms with Gasteiger partial charge in [0.15, 0.2) is 0 Å². The number of terminal acetylenes is 1. The van der Waals surface area contributed by atoms with E-state index in [0.717, 1.165) is 18.4 Å². The minimum Gasteiger partial charge on any atom is -0.245 e. The van der Waals surface area contributed by atoms with Crippen LogP contribution in [0.25, 0.3) is 0 Å². The Hall–Kier alpha value is -1.36. The number of nitrogens with zero attached hydrogens (tertiary/aromatic N) is 2. The van der Waals surface area contributed by atoms with E-state index in [4.69, 9.17) is 6.42 Å². The summed E-state index contributed by atoms with van der Waals surface area (Å²) in [6.45, 7) is 0. The molecule has 50 valence electrons. The summed E-state index contributed by atoms with van der Waals surface area (Å²) in [7, 11) is 0. The lowest BCUT2D eigenvalue weighted by molar-refractivity contribution is 0.982. The van der Waals surface area contributed by atoms with E-state index in [1.54, 1.807) is 12.4 Å². The Kier molecular flexibility index (Phi) is 2.45. The van der Waals surface area contributed by atoms with Crippen LogP contribution in [-0.4, -0.2) is 9.97 Å². The van der Waals surface area contributed by atoms with Crippen molar-refractivity contribution in [1.29, 1.82) is 0 Å². The molecule has 0 aliphatic rings. The van der Waals surface area contributed by atoms with E-state index >= 15 is 0 Å². The van der Waals surface area contributed by atoms with Gasteiger partial charge in [-0.25, -0.2) is 9.97 Å². The van der Waals surface area contributed by atoms with E-state index in [9.17, 15) is 0 Å². The van der Waals surface area contributed by atoms with Gasteiger partial charge < -0.3 is 0 Å². The highest BCUT2D eigenvalue weighted by Crippen LogP contribution is 1.96. The molecule has 0 saturated carbocycles. The van der Waals surface area contributed by atoms with Gasteiger partial charge in [0.05, 0.1) is 0 Å². The third-order valence-corrected chi connectivity index (χ3v) is 1.17. The molecule has 0 unspecified atom stereocenters. The topological polar surface area (TPSA) is 25.8 Å². The second-order valence-electron chi connectivity index (χ2n) is 1.95. The molecular formula is C8H8N2. The molecule has 0 atom stereocenters. The Balaban J connectivity index is 2.52. The quantitative estimate of drug-likeness (QED) is 0.562. The molecule has 0 saturated heterocycles. The molecule has 10 heavy (non-hydrogen) atoms. The monoisotopic (exact) mass is 132 g/mol. The lowest BCUT2D eigenvalue weighted by Gasteiger charge is -1.92. The van der Waals surface area contributed by atoms with Gasteiger partial charge in [0.25, 0.3) is 0 Å². The van der Waals surface area contributed by atoms with Crippen LogP contribution >= 0.6 is 0 Å². The highest BCUT2D eigenvalue weighted by molar-refractivity contribution is 5.04. The first-order chi connectivity index (χ1) is 4.93. The highest BCUT2D eigenvalue weighted by Gasteiger charge is 1.88. The molecule has 2 heteroatoms. The lowest BCUT2D eigenvalue weighted by Crippen LogP contribution is -1.85. The maximum Gasteiger partial charge on any atom is 0.115 e. The largest absolute Gasteiger partial charge is 0.245 e. The summed E-state index contributed by atoms with van der Waals surface area (Å²) < 4.78 is 0. The van der Waals surface area contributed by atoms with Crippen LogP contribution in [-0.2, 0) is 6.42 Å². The first kappa shape index (κ1) is 6.76. The van der Waals surface area contributed by atoms with Gasteiger partial charge in [-0.3, -0.25) is 0 Å². The van der Waals surface area contributed by atoms with E-state index < -0.39 is 0 Å². The molecule has 0 N–H and O–H groups in total. The summed E-state index contributed by atoms with van der Waals surface area (Å²) in [4.78, 5) is 7.72. The van der Waals surface area contributed by atoms with Gasteiger partial charge in [-0.2, -0.15) is 0 Å². The maximum absolute atomic E-state index is 5.09. The molecule has 2 nitrogen and oxygen atoms in total. The number of aromatic nitrogens is 2. The summed E-state index contributed by atoms with van der Waals surface area (Å²) >= 11 is 0. The van der Waals surface area contributed by atoms with Gasteiger partial charge in [0.2, 0.25) is 0 Å². The molecule has 1 rings (SSSR count). The van der Waals surface area contributed by atoms with Crippen LogP contribution in [0.5, 0.6) is 0 Å². The van der Waals surface area contributed by atoms with Crippen LogP contribution in [0, 0.1) is 12.3 Å². The Bertz CT molecular complexity index is 223. The number of rotatable bonds is 2. The second kappa shape index (κ2) is 3.62. The van der Waals surface area contributed by atoms with Crippen LogP contribution in [0.15, 0.2) is 18.7 Å². The highest BCUT2D eigenvalue weighted by atomic mass is 14.8. The standard InChI is InChI=1S/C8H8N2/c1-2-3-4-8-5-9-7-10-6-8/h1,5-7H,3-4H2. The zero-order valence-corrected chi connectivity index (χ0v) is 5.62. The van der Waals surface area contributed by atoms with E-state index in [2.05, 4.69) is 15.9 Å². The molecule has 0 radical (unpaired) electrons. The number of hydrogen-bond acceptors (Lipinski definition) is 2. The van der Waals surface area contributed by atoms with Crippen molar-refractivity contribution < 1.29 is 0 Å². The summed E-state index contributed by atoms with van der Waals surface area (Å²) in [5.74, 6) is 2.56. The number of hydrogen-bond donors (Lipinski definition) is 0. The van der Waals surface area contributed by atoms with Crippen LogP contribution in [0.2, 0.25) is 0 Å².